The lowest BCUT2D eigenvalue weighted by Crippen LogP contribution is -2.26. The lowest BCUT2D eigenvalue weighted by molar-refractivity contribution is 0.0778. The summed E-state index contributed by atoms with van der Waals surface area (Å²) in [5.74, 6) is -0.0794. The van der Waals surface area contributed by atoms with Crippen LogP contribution in [0.2, 0.25) is 0 Å². The van der Waals surface area contributed by atoms with Crippen molar-refractivity contribution in [1.82, 2.24) is 24.5 Å². The second kappa shape index (κ2) is 5.26. The molecule has 2 rings (SSSR count). The molecule has 6 heteroatoms. The minimum absolute atomic E-state index is 0.0794. The van der Waals surface area contributed by atoms with Gasteiger partial charge in [0.2, 0.25) is 0 Å². The van der Waals surface area contributed by atoms with Crippen molar-refractivity contribution in [2.75, 3.05) is 7.05 Å². The Kier molecular flexibility index (Phi) is 3.69. The molecule has 0 aliphatic heterocycles. The van der Waals surface area contributed by atoms with Crippen LogP contribution in [0.25, 0.3) is 0 Å². The van der Waals surface area contributed by atoms with Crippen molar-refractivity contribution in [3.8, 4) is 0 Å². The number of aromatic nitrogens is 4. The van der Waals surface area contributed by atoms with Gasteiger partial charge in [-0.2, -0.15) is 10.2 Å². The molecule has 6 nitrogen and oxygen atoms in total. The van der Waals surface area contributed by atoms with Crippen LogP contribution in [0.1, 0.15) is 28.7 Å². The molecule has 2 aromatic heterocycles. The van der Waals surface area contributed by atoms with Gasteiger partial charge in [-0.1, -0.05) is 0 Å². The van der Waals surface area contributed by atoms with E-state index >= 15 is 0 Å². The smallest absolute Gasteiger partial charge is 0.274 e. The molecule has 0 aliphatic carbocycles. The van der Waals surface area contributed by atoms with Gasteiger partial charge in [-0.15, -0.1) is 0 Å². The molecule has 0 atom stereocenters. The Labute approximate surface area is 112 Å². The largest absolute Gasteiger partial charge is 0.336 e. The Morgan fingerprint density at radius 2 is 2.16 bits per heavy atom. The van der Waals surface area contributed by atoms with Crippen molar-refractivity contribution in [2.45, 2.75) is 26.9 Å². The number of carbonyl (C=O) groups is 1. The molecule has 2 aromatic rings. The first-order chi connectivity index (χ1) is 9.01. The monoisotopic (exact) mass is 261 g/mol. The number of nitrogens with zero attached hydrogens (tertiary/aromatic N) is 5. The Morgan fingerprint density at radius 3 is 2.68 bits per heavy atom. The van der Waals surface area contributed by atoms with Gasteiger partial charge >= 0.3 is 0 Å². The van der Waals surface area contributed by atoms with Gasteiger partial charge in [0.15, 0.2) is 0 Å². The van der Waals surface area contributed by atoms with Gasteiger partial charge in [0.1, 0.15) is 5.69 Å². The first-order valence-electron chi connectivity index (χ1n) is 6.29. The predicted molar refractivity (Wildman–Crippen MR) is 71.6 cm³/mol. The lowest BCUT2D eigenvalue weighted by atomic mass is 10.2. The number of carbonyl (C=O) groups excluding carboxylic acids is 1. The summed E-state index contributed by atoms with van der Waals surface area (Å²) in [5, 5.41) is 8.50. The highest BCUT2D eigenvalue weighted by atomic mass is 16.2. The zero-order valence-corrected chi connectivity index (χ0v) is 11.8. The summed E-state index contributed by atoms with van der Waals surface area (Å²) in [5.41, 5.74) is 2.49. The van der Waals surface area contributed by atoms with E-state index in [2.05, 4.69) is 10.2 Å². The van der Waals surface area contributed by atoms with Gasteiger partial charge in [0, 0.05) is 45.1 Å². The van der Waals surface area contributed by atoms with Crippen LogP contribution in [0.4, 0.5) is 0 Å². The van der Waals surface area contributed by atoms with Crippen molar-refractivity contribution >= 4 is 5.91 Å². The van der Waals surface area contributed by atoms with Crippen LogP contribution in [-0.2, 0) is 20.1 Å². The molecular formula is C13H19N5O. The standard InChI is InChI=1S/C13H19N5O/c1-5-18-9-11(10(2)14-18)8-16(3)13(19)12-6-7-17(4)15-12/h6-7,9H,5,8H2,1-4H3. The fourth-order valence-corrected chi connectivity index (χ4v) is 1.93. The van der Waals surface area contributed by atoms with E-state index in [0.717, 1.165) is 17.8 Å². The molecule has 102 valence electrons. The first kappa shape index (κ1) is 13.3. The van der Waals surface area contributed by atoms with Crippen molar-refractivity contribution in [3.05, 3.63) is 35.4 Å². The molecule has 0 radical (unpaired) electrons. The lowest BCUT2D eigenvalue weighted by Gasteiger charge is -2.15. The van der Waals surface area contributed by atoms with Gasteiger partial charge in [-0.05, 0) is 19.9 Å². The fraction of sp³-hybridized carbons (Fsp3) is 0.462. The molecule has 0 bridgehead atoms. The topological polar surface area (TPSA) is 56.0 Å². The average molecular weight is 261 g/mol. The second-order valence-corrected chi connectivity index (χ2v) is 4.63. The summed E-state index contributed by atoms with van der Waals surface area (Å²) < 4.78 is 3.51. The Balaban J connectivity index is 2.10. The van der Waals surface area contributed by atoms with Crippen LogP contribution in [0, 0.1) is 6.92 Å². The quantitative estimate of drug-likeness (QED) is 0.831. The SMILES string of the molecule is CCn1cc(CN(C)C(=O)c2ccn(C)n2)c(C)n1. The average Bonchev–Trinajstić information content (AvgIpc) is 2.95. The Hall–Kier alpha value is -2.11. The molecule has 0 aromatic carbocycles. The summed E-state index contributed by atoms with van der Waals surface area (Å²) in [6.07, 6.45) is 3.75. The molecule has 0 saturated carbocycles. The summed E-state index contributed by atoms with van der Waals surface area (Å²) in [4.78, 5) is 13.8. The third-order valence-corrected chi connectivity index (χ3v) is 3.06. The summed E-state index contributed by atoms with van der Waals surface area (Å²) >= 11 is 0. The minimum Gasteiger partial charge on any atom is -0.336 e. The van der Waals surface area contributed by atoms with Gasteiger partial charge in [-0.25, -0.2) is 0 Å². The third-order valence-electron chi connectivity index (χ3n) is 3.06. The maximum Gasteiger partial charge on any atom is 0.274 e. The molecule has 0 unspecified atom stereocenters. The summed E-state index contributed by atoms with van der Waals surface area (Å²) in [6, 6.07) is 1.72. The molecule has 0 fully saturated rings. The van der Waals surface area contributed by atoms with E-state index in [9.17, 15) is 4.79 Å². The van der Waals surface area contributed by atoms with Crippen LogP contribution < -0.4 is 0 Å². The van der Waals surface area contributed by atoms with Crippen LogP contribution >= 0.6 is 0 Å². The summed E-state index contributed by atoms with van der Waals surface area (Å²) in [6.45, 7) is 5.37. The summed E-state index contributed by atoms with van der Waals surface area (Å²) in [7, 11) is 3.58. The number of hydrogen-bond acceptors (Lipinski definition) is 3. The third kappa shape index (κ3) is 2.83. The predicted octanol–water partition coefficient (Wildman–Crippen LogP) is 1.22. The second-order valence-electron chi connectivity index (χ2n) is 4.63. The maximum atomic E-state index is 12.2. The first-order valence-corrected chi connectivity index (χ1v) is 6.29. The van der Waals surface area contributed by atoms with Crippen molar-refractivity contribution in [1.29, 1.82) is 0 Å². The van der Waals surface area contributed by atoms with E-state index < -0.39 is 0 Å². The molecule has 19 heavy (non-hydrogen) atoms. The zero-order chi connectivity index (χ0) is 14.0. The Morgan fingerprint density at radius 1 is 1.42 bits per heavy atom. The highest BCUT2D eigenvalue weighted by Crippen LogP contribution is 2.10. The molecule has 0 spiro atoms. The minimum atomic E-state index is -0.0794. The fourth-order valence-electron chi connectivity index (χ4n) is 1.93. The maximum absolute atomic E-state index is 12.2. The van der Waals surface area contributed by atoms with E-state index in [1.54, 1.807) is 35.9 Å². The van der Waals surface area contributed by atoms with Crippen molar-refractivity contribution in [3.63, 3.8) is 0 Å². The van der Waals surface area contributed by atoms with Crippen molar-refractivity contribution in [2.24, 2.45) is 7.05 Å². The van der Waals surface area contributed by atoms with Crippen LogP contribution in [0.15, 0.2) is 18.5 Å². The number of hydrogen-bond donors (Lipinski definition) is 0. The van der Waals surface area contributed by atoms with Gasteiger partial charge in [-0.3, -0.25) is 14.2 Å². The van der Waals surface area contributed by atoms with Crippen LogP contribution in [-0.4, -0.2) is 37.4 Å². The van der Waals surface area contributed by atoms with Crippen LogP contribution in [0.3, 0.4) is 0 Å². The van der Waals surface area contributed by atoms with Gasteiger partial charge in [0.25, 0.3) is 5.91 Å². The normalized spacial score (nSPS) is 10.7. The van der Waals surface area contributed by atoms with Crippen molar-refractivity contribution < 1.29 is 4.79 Å². The highest BCUT2D eigenvalue weighted by Gasteiger charge is 2.16. The molecular weight excluding hydrogens is 242 g/mol. The van der Waals surface area contributed by atoms with Crippen LogP contribution in [0.5, 0.6) is 0 Å². The van der Waals surface area contributed by atoms with Gasteiger partial charge in [0.05, 0.1) is 5.69 Å². The number of amides is 1. The Bertz CT molecular complexity index is 584. The van der Waals surface area contributed by atoms with E-state index in [0.29, 0.717) is 12.2 Å². The van der Waals surface area contributed by atoms with E-state index in [4.69, 9.17) is 0 Å². The zero-order valence-electron chi connectivity index (χ0n) is 11.8. The van der Waals surface area contributed by atoms with Gasteiger partial charge < -0.3 is 4.90 Å². The number of rotatable bonds is 4. The van der Waals surface area contributed by atoms with E-state index in [1.807, 2.05) is 24.7 Å². The molecule has 0 aliphatic rings. The number of aryl methyl sites for hydroxylation is 3. The molecule has 0 saturated heterocycles. The molecule has 1 amide bonds. The van der Waals surface area contributed by atoms with E-state index in [1.165, 1.54) is 0 Å². The molecule has 0 N–H and O–H groups in total. The molecule has 2 heterocycles. The van der Waals surface area contributed by atoms with E-state index in [-0.39, 0.29) is 5.91 Å². The highest BCUT2D eigenvalue weighted by molar-refractivity contribution is 5.91.